The van der Waals surface area contributed by atoms with Crippen LogP contribution >= 0.6 is 45.2 Å². The molecule has 1 aromatic heterocycles. The van der Waals surface area contributed by atoms with Gasteiger partial charge in [-0.2, -0.15) is 0 Å². The summed E-state index contributed by atoms with van der Waals surface area (Å²) in [6.45, 7) is 2.84. The number of aromatic amines is 1. The molecule has 0 fully saturated rings. The van der Waals surface area contributed by atoms with E-state index in [9.17, 15) is 0 Å². The van der Waals surface area contributed by atoms with E-state index in [-0.39, 0.29) is 0 Å². The lowest BCUT2D eigenvalue weighted by Gasteiger charge is -1.93. The summed E-state index contributed by atoms with van der Waals surface area (Å²) in [5.41, 5.74) is 8.08. The lowest BCUT2D eigenvalue weighted by molar-refractivity contribution is 0.926. The Morgan fingerprint density at radius 1 is 1.45 bits per heavy atom. The van der Waals surface area contributed by atoms with Gasteiger partial charge in [-0.15, -0.1) is 0 Å². The van der Waals surface area contributed by atoms with Crippen molar-refractivity contribution >= 4 is 45.2 Å². The maximum Gasteiger partial charge on any atom is 0.0814 e. The third-order valence-electron chi connectivity index (χ3n) is 1.58. The van der Waals surface area contributed by atoms with Gasteiger partial charge in [-0.3, -0.25) is 0 Å². The first-order chi connectivity index (χ1) is 5.16. The summed E-state index contributed by atoms with van der Waals surface area (Å²) in [5.74, 6) is 0. The third-order valence-corrected chi connectivity index (χ3v) is 4.12. The van der Waals surface area contributed by atoms with Gasteiger partial charge in [0, 0.05) is 15.7 Å². The second-order valence-electron chi connectivity index (χ2n) is 2.40. The Kier molecular flexibility index (Phi) is 3.63. The smallest absolute Gasteiger partial charge is 0.0814 e. The van der Waals surface area contributed by atoms with Gasteiger partial charge >= 0.3 is 0 Å². The van der Waals surface area contributed by atoms with E-state index in [1.165, 1.54) is 18.5 Å². The molecule has 11 heavy (non-hydrogen) atoms. The normalized spacial score (nSPS) is 10.5. The van der Waals surface area contributed by atoms with Crippen molar-refractivity contribution in [1.29, 1.82) is 0 Å². The van der Waals surface area contributed by atoms with Crippen LogP contribution in [-0.4, -0.2) is 11.5 Å². The van der Waals surface area contributed by atoms with Crippen molar-refractivity contribution in [1.82, 2.24) is 4.98 Å². The van der Waals surface area contributed by atoms with Crippen molar-refractivity contribution in [2.45, 2.75) is 13.3 Å². The molecule has 0 unspecified atom stereocenters. The van der Waals surface area contributed by atoms with E-state index in [0.29, 0.717) is 6.54 Å². The quantitative estimate of drug-likeness (QED) is 0.763. The van der Waals surface area contributed by atoms with Gasteiger partial charge in [0.15, 0.2) is 0 Å². The summed E-state index contributed by atoms with van der Waals surface area (Å²) in [4.78, 5) is 3.31. The largest absolute Gasteiger partial charge is 0.353 e. The van der Waals surface area contributed by atoms with Gasteiger partial charge in [-0.25, -0.2) is 0 Å². The first kappa shape index (κ1) is 9.79. The SMILES string of the molecule is Cc1c(I)[nH]c(CCN)c1I. The summed E-state index contributed by atoms with van der Waals surface area (Å²) in [7, 11) is 0. The minimum absolute atomic E-state index is 0.714. The molecule has 1 aromatic rings. The monoisotopic (exact) mass is 376 g/mol. The molecule has 0 aliphatic carbocycles. The van der Waals surface area contributed by atoms with Crippen molar-refractivity contribution in [3.63, 3.8) is 0 Å². The Morgan fingerprint density at radius 3 is 2.45 bits per heavy atom. The van der Waals surface area contributed by atoms with Gasteiger partial charge in [0.1, 0.15) is 0 Å². The number of H-pyrrole nitrogens is 1. The number of halogens is 2. The highest BCUT2D eigenvalue weighted by atomic mass is 127. The zero-order valence-electron chi connectivity index (χ0n) is 6.25. The molecule has 0 saturated carbocycles. The van der Waals surface area contributed by atoms with Gasteiger partial charge in [-0.05, 0) is 64.2 Å². The Bertz CT molecular complexity index is 255. The highest BCUT2D eigenvalue weighted by molar-refractivity contribution is 14.1. The van der Waals surface area contributed by atoms with Crippen LogP contribution < -0.4 is 5.73 Å². The number of hydrogen-bond donors (Lipinski definition) is 2. The van der Waals surface area contributed by atoms with E-state index < -0.39 is 0 Å². The average Bonchev–Trinajstić information content (AvgIpc) is 2.19. The molecule has 3 N–H and O–H groups in total. The number of rotatable bonds is 2. The molecular formula is C7H10I2N2. The lowest BCUT2D eigenvalue weighted by atomic mass is 10.3. The molecule has 0 radical (unpaired) electrons. The van der Waals surface area contributed by atoms with E-state index in [2.05, 4.69) is 57.1 Å². The summed E-state index contributed by atoms with van der Waals surface area (Å²) in [6, 6.07) is 0. The molecule has 0 saturated heterocycles. The predicted molar refractivity (Wildman–Crippen MR) is 63.7 cm³/mol. The maximum absolute atomic E-state index is 5.46. The van der Waals surface area contributed by atoms with Crippen LogP contribution in [0, 0.1) is 14.2 Å². The second-order valence-corrected chi connectivity index (χ2v) is 4.55. The van der Waals surface area contributed by atoms with Crippen LogP contribution in [0.2, 0.25) is 0 Å². The molecule has 0 bridgehead atoms. The molecule has 0 aromatic carbocycles. The van der Waals surface area contributed by atoms with Crippen molar-refractivity contribution in [2.24, 2.45) is 5.73 Å². The van der Waals surface area contributed by atoms with E-state index >= 15 is 0 Å². The standard InChI is InChI=1S/C7H10I2N2/c1-4-6(8)5(2-3-10)11-7(4)9/h11H,2-3,10H2,1H3. The lowest BCUT2D eigenvalue weighted by Crippen LogP contribution is -2.03. The van der Waals surface area contributed by atoms with Gasteiger partial charge < -0.3 is 10.7 Å². The number of aromatic nitrogens is 1. The summed E-state index contributed by atoms with van der Waals surface area (Å²) in [6.07, 6.45) is 0.947. The van der Waals surface area contributed by atoms with Crippen LogP contribution in [0.1, 0.15) is 11.3 Å². The van der Waals surface area contributed by atoms with Gasteiger partial charge in [0.25, 0.3) is 0 Å². The van der Waals surface area contributed by atoms with Crippen LogP contribution in [0.25, 0.3) is 0 Å². The Labute approximate surface area is 93.6 Å². The van der Waals surface area contributed by atoms with Crippen LogP contribution in [0.5, 0.6) is 0 Å². The predicted octanol–water partition coefficient (Wildman–Crippen LogP) is 2.03. The molecule has 2 nitrogen and oxygen atoms in total. The Morgan fingerprint density at radius 2 is 2.09 bits per heavy atom. The molecule has 1 heterocycles. The molecule has 62 valence electrons. The third kappa shape index (κ3) is 2.09. The summed E-state index contributed by atoms with van der Waals surface area (Å²) in [5, 5.41) is 0. The van der Waals surface area contributed by atoms with E-state index in [1.807, 2.05) is 0 Å². The first-order valence-electron chi connectivity index (χ1n) is 3.39. The molecule has 0 aliphatic heterocycles. The van der Waals surface area contributed by atoms with E-state index in [4.69, 9.17) is 5.73 Å². The molecular weight excluding hydrogens is 366 g/mol. The van der Waals surface area contributed by atoms with Crippen LogP contribution in [0.4, 0.5) is 0 Å². The minimum Gasteiger partial charge on any atom is -0.353 e. The van der Waals surface area contributed by atoms with Gasteiger partial charge in [-0.1, -0.05) is 0 Å². The second kappa shape index (κ2) is 4.08. The van der Waals surface area contributed by atoms with E-state index in [0.717, 1.165) is 6.42 Å². The van der Waals surface area contributed by atoms with E-state index in [1.54, 1.807) is 0 Å². The van der Waals surface area contributed by atoms with Crippen molar-refractivity contribution in [2.75, 3.05) is 6.54 Å². The number of nitrogens with one attached hydrogen (secondary N) is 1. The highest BCUT2D eigenvalue weighted by Gasteiger charge is 2.07. The zero-order valence-corrected chi connectivity index (χ0v) is 10.6. The maximum atomic E-state index is 5.46. The van der Waals surface area contributed by atoms with Crippen LogP contribution in [0.15, 0.2) is 0 Å². The Balaban J connectivity index is 2.98. The topological polar surface area (TPSA) is 41.8 Å². The summed E-state index contributed by atoms with van der Waals surface area (Å²) < 4.78 is 2.56. The van der Waals surface area contributed by atoms with Crippen molar-refractivity contribution in [3.05, 3.63) is 18.5 Å². The molecule has 0 spiro atoms. The number of nitrogens with two attached hydrogens (primary N) is 1. The molecule has 0 atom stereocenters. The highest BCUT2D eigenvalue weighted by Crippen LogP contribution is 2.21. The van der Waals surface area contributed by atoms with Gasteiger partial charge in [0.2, 0.25) is 0 Å². The molecule has 1 rings (SSSR count). The fourth-order valence-corrected chi connectivity index (χ4v) is 2.71. The van der Waals surface area contributed by atoms with Crippen molar-refractivity contribution < 1.29 is 0 Å². The average molecular weight is 376 g/mol. The number of hydrogen-bond acceptors (Lipinski definition) is 1. The van der Waals surface area contributed by atoms with Crippen molar-refractivity contribution in [3.8, 4) is 0 Å². The summed E-state index contributed by atoms with van der Waals surface area (Å²) >= 11 is 4.67. The van der Waals surface area contributed by atoms with Gasteiger partial charge in [0.05, 0.1) is 3.70 Å². The fraction of sp³-hybridized carbons (Fsp3) is 0.429. The fourth-order valence-electron chi connectivity index (χ4n) is 0.920. The Hall–Kier alpha value is 0.700. The van der Waals surface area contributed by atoms with Crippen LogP contribution in [-0.2, 0) is 6.42 Å². The molecule has 0 amide bonds. The first-order valence-corrected chi connectivity index (χ1v) is 5.55. The zero-order chi connectivity index (χ0) is 8.43. The molecule has 4 heteroatoms. The minimum atomic E-state index is 0.714. The van der Waals surface area contributed by atoms with Crippen LogP contribution in [0.3, 0.4) is 0 Å². The molecule has 0 aliphatic rings.